The lowest BCUT2D eigenvalue weighted by Crippen LogP contribution is -2.37. The lowest BCUT2D eigenvalue weighted by atomic mass is 9.79. The second-order valence-electron chi connectivity index (χ2n) is 7.99. The van der Waals surface area contributed by atoms with Crippen LogP contribution in [0.5, 0.6) is 0 Å². The first-order chi connectivity index (χ1) is 13.7. The normalized spacial score (nSPS) is 19.8. The van der Waals surface area contributed by atoms with Crippen LogP contribution in [0.4, 0.5) is 0 Å². The van der Waals surface area contributed by atoms with Crippen molar-refractivity contribution in [2.24, 2.45) is 18.9 Å². The van der Waals surface area contributed by atoms with Gasteiger partial charge in [-0.2, -0.15) is 5.10 Å². The Balaban J connectivity index is 1.38. The van der Waals surface area contributed by atoms with Crippen LogP contribution in [0.3, 0.4) is 0 Å². The van der Waals surface area contributed by atoms with Gasteiger partial charge in [0.1, 0.15) is 5.69 Å². The predicted molar refractivity (Wildman–Crippen MR) is 114 cm³/mol. The number of piperidine rings is 1. The number of rotatable bonds is 7. The van der Waals surface area contributed by atoms with E-state index in [9.17, 15) is 4.79 Å². The third-order valence-corrected chi connectivity index (χ3v) is 6.18. The minimum absolute atomic E-state index is 0.178. The van der Waals surface area contributed by atoms with E-state index in [1.54, 1.807) is 0 Å². The zero-order valence-electron chi connectivity index (χ0n) is 16.6. The Bertz CT molecular complexity index is 931. The summed E-state index contributed by atoms with van der Waals surface area (Å²) in [6.45, 7) is 2.13. The second kappa shape index (κ2) is 8.70. The summed E-state index contributed by atoms with van der Waals surface area (Å²) in [5.41, 5.74) is 3.06. The lowest BCUT2D eigenvalue weighted by molar-refractivity contribution is 0.0957. The summed E-state index contributed by atoms with van der Waals surface area (Å²) < 4.78 is 1.82. The van der Waals surface area contributed by atoms with Gasteiger partial charge < -0.3 is 5.32 Å². The van der Waals surface area contributed by atoms with E-state index in [4.69, 9.17) is 0 Å². The van der Waals surface area contributed by atoms with Crippen molar-refractivity contribution in [1.82, 2.24) is 15.1 Å². The van der Waals surface area contributed by atoms with E-state index >= 15 is 0 Å². The summed E-state index contributed by atoms with van der Waals surface area (Å²) >= 11 is 0. The van der Waals surface area contributed by atoms with Crippen molar-refractivity contribution in [3.05, 3.63) is 65.9 Å². The zero-order chi connectivity index (χ0) is 19.3. The number of hydrogen-bond donors (Lipinski definition) is 1. The molecule has 0 spiro atoms. The Hall–Kier alpha value is -2.46. The summed E-state index contributed by atoms with van der Waals surface area (Å²) in [6.07, 6.45) is 5.01. The van der Waals surface area contributed by atoms with Crippen molar-refractivity contribution < 1.29 is 4.79 Å². The third kappa shape index (κ3) is 4.17. The van der Waals surface area contributed by atoms with Crippen molar-refractivity contribution in [1.29, 1.82) is 0 Å². The molecule has 0 amide bonds. The molecule has 2 heterocycles. The molecule has 1 N–H and O–H groups in total. The molecule has 28 heavy (non-hydrogen) atoms. The van der Waals surface area contributed by atoms with Gasteiger partial charge >= 0.3 is 0 Å². The van der Waals surface area contributed by atoms with Gasteiger partial charge in [-0.3, -0.25) is 9.48 Å². The van der Waals surface area contributed by atoms with E-state index < -0.39 is 0 Å². The largest absolute Gasteiger partial charge is 0.316 e. The molecule has 0 aliphatic carbocycles. The summed E-state index contributed by atoms with van der Waals surface area (Å²) in [4.78, 5) is 12.9. The van der Waals surface area contributed by atoms with Crippen molar-refractivity contribution in [3.8, 4) is 0 Å². The average Bonchev–Trinajstić information content (AvgIpc) is 3.09. The highest BCUT2D eigenvalue weighted by Gasteiger charge is 2.26. The third-order valence-electron chi connectivity index (χ3n) is 6.18. The lowest BCUT2D eigenvalue weighted by Gasteiger charge is -2.32. The van der Waals surface area contributed by atoms with Gasteiger partial charge in [0.2, 0.25) is 0 Å². The van der Waals surface area contributed by atoms with E-state index in [0.29, 0.717) is 24.0 Å². The van der Waals surface area contributed by atoms with E-state index in [1.165, 1.54) is 12.0 Å². The number of carbonyl (C=O) groups excluding carboxylic acids is 1. The number of para-hydroxylation sites is 1. The number of fused-ring (bicyclic) bond motifs is 1. The first-order valence-corrected chi connectivity index (χ1v) is 10.4. The molecule has 0 bridgehead atoms. The first kappa shape index (κ1) is 18.9. The smallest absolute Gasteiger partial charge is 0.183 e. The molecule has 4 heteroatoms. The molecule has 1 aliphatic rings. The van der Waals surface area contributed by atoms with Crippen molar-refractivity contribution >= 4 is 16.7 Å². The maximum atomic E-state index is 12.9. The highest BCUT2D eigenvalue weighted by atomic mass is 16.1. The quantitative estimate of drug-likeness (QED) is 0.623. The van der Waals surface area contributed by atoms with E-state index in [0.717, 1.165) is 43.3 Å². The van der Waals surface area contributed by atoms with Crippen LogP contribution >= 0.6 is 0 Å². The Morgan fingerprint density at radius 3 is 2.71 bits per heavy atom. The monoisotopic (exact) mass is 375 g/mol. The number of benzene rings is 2. The SMILES string of the molecule is Cn1nc(C(=O)CCC2CCNCC2CCc2ccccc2)c2ccccc21. The molecule has 1 aromatic heterocycles. The van der Waals surface area contributed by atoms with Crippen molar-refractivity contribution in [3.63, 3.8) is 0 Å². The van der Waals surface area contributed by atoms with Crippen LogP contribution in [0.1, 0.15) is 41.7 Å². The highest BCUT2D eigenvalue weighted by Crippen LogP contribution is 2.29. The van der Waals surface area contributed by atoms with Gasteiger partial charge in [0, 0.05) is 18.9 Å². The number of Topliss-reactive ketones (excluding diaryl/α,β-unsaturated/α-hetero) is 1. The summed E-state index contributed by atoms with van der Waals surface area (Å²) in [6, 6.07) is 18.7. The first-order valence-electron chi connectivity index (χ1n) is 10.4. The molecular weight excluding hydrogens is 346 g/mol. The molecule has 0 saturated carbocycles. The summed E-state index contributed by atoms with van der Waals surface area (Å²) in [5, 5.41) is 9.02. The molecule has 4 nitrogen and oxygen atoms in total. The molecule has 0 radical (unpaired) electrons. The zero-order valence-corrected chi connectivity index (χ0v) is 16.6. The van der Waals surface area contributed by atoms with E-state index in [-0.39, 0.29) is 5.78 Å². The maximum absolute atomic E-state index is 12.9. The van der Waals surface area contributed by atoms with Crippen molar-refractivity contribution in [2.45, 2.75) is 32.1 Å². The van der Waals surface area contributed by atoms with E-state index in [1.807, 2.05) is 36.0 Å². The van der Waals surface area contributed by atoms with Crippen LogP contribution in [0.15, 0.2) is 54.6 Å². The minimum Gasteiger partial charge on any atom is -0.316 e. The van der Waals surface area contributed by atoms with Gasteiger partial charge in [-0.15, -0.1) is 0 Å². The summed E-state index contributed by atoms with van der Waals surface area (Å²) in [7, 11) is 1.91. The molecule has 1 aliphatic heterocycles. The summed E-state index contributed by atoms with van der Waals surface area (Å²) in [5.74, 6) is 1.43. The molecule has 2 atom stereocenters. The molecule has 3 aromatic rings. The molecule has 146 valence electrons. The Kier molecular flexibility index (Phi) is 5.87. The fourth-order valence-electron chi connectivity index (χ4n) is 4.55. The highest BCUT2D eigenvalue weighted by molar-refractivity contribution is 6.05. The fraction of sp³-hybridized carbons (Fsp3) is 0.417. The topological polar surface area (TPSA) is 46.9 Å². The Labute approximate surface area is 166 Å². The van der Waals surface area contributed by atoms with Gasteiger partial charge in [0.05, 0.1) is 5.52 Å². The predicted octanol–water partition coefficient (Wildman–Crippen LogP) is 4.39. The molecule has 2 aromatic carbocycles. The van der Waals surface area contributed by atoms with Gasteiger partial charge in [0.15, 0.2) is 5.78 Å². The maximum Gasteiger partial charge on any atom is 0.183 e. The van der Waals surface area contributed by atoms with Crippen LogP contribution < -0.4 is 5.32 Å². The van der Waals surface area contributed by atoms with Gasteiger partial charge in [-0.1, -0.05) is 48.5 Å². The van der Waals surface area contributed by atoms with Crippen LogP contribution in [0.25, 0.3) is 10.9 Å². The van der Waals surface area contributed by atoms with Gasteiger partial charge in [0.25, 0.3) is 0 Å². The molecular formula is C24H29N3O. The Morgan fingerprint density at radius 2 is 1.86 bits per heavy atom. The average molecular weight is 376 g/mol. The molecule has 1 saturated heterocycles. The number of aromatic nitrogens is 2. The fourth-order valence-corrected chi connectivity index (χ4v) is 4.55. The van der Waals surface area contributed by atoms with Crippen LogP contribution in [0.2, 0.25) is 0 Å². The number of nitrogens with one attached hydrogen (secondary N) is 1. The van der Waals surface area contributed by atoms with Gasteiger partial charge in [-0.05, 0) is 62.2 Å². The van der Waals surface area contributed by atoms with Crippen LogP contribution in [-0.2, 0) is 13.5 Å². The van der Waals surface area contributed by atoms with E-state index in [2.05, 4.69) is 40.7 Å². The Morgan fingerprint density at radius 1 is 1.07 bits per heavy atom. The number of carbonyl (C=O) groups is 1. The molecule has 2 unspecified atom stereocenters. The second-order valence-corrected chi connectivity index (χ2v) is 7.99. The molecule has 1 fully saturated rings. The number of nitrogens with zero attached hydrogens (tertiary/aromatic N) is 2. The number of aryl methyl sites for hydroxylation is 2. The van der Waals surface area contributed by atoms with Crippen LogP contribution in [0, 0.1) is 11.8 Å². The number of ketones is 1. The van der Waals surface area contributed by atoms with Crippen molar-refractivity contribution in [2.75, 3.05) is 13.1 Å². The minimum atomic E-state index is 0.178. The standard InChI is InChI=1S/C24H29N3O/c1-27-22-10-6-5-9-21(22)24(26-27)23(28)14-13-19-15-16-25-17-20(19)12-11-18-7-3-2-4-8-18/h2-10,19-20,25H,11-17H2,1H3. The molecule has 4 rings (SSSR count). The number of hydrogen-bond acceptors (Lipinski definition) is 3. The van der Waals surface area contributed by atoms with Crippen LogP contribution in [-0.4, -0.2) is 28.7 Å². The van der Waals surface area contributed by atoms with Gasteiger partial charge in [-0.25, -0.2) is 0 Å².